The van der Waals surface area contributed by atoms with Crippen molar-refractivity contribution in [3.05, 3.63) is 42.7 Å². The van der Waals surface area contributed by atoms with Crippen LogP contribution in [-0.2, 0) is 19.9 Å². The van der Waals surface area contributed by atoms with Gasteiger partial charge in [-0.3, -0.25) is 4.79 Å². The van der Waals surface area contributed by atoms with E-state index < -0.39 is 11.6 Å². The maximum atomic E-state index is 13.4. The molecule has 4 aliphatic rings. The number of carbonyl (C=O) groups excluding carboxylic acids is 2. The van der Waals surface area contributed by atoms with Crippen molar-refractivity contribution in [1.29, 1.82) is 0 Å². The number of rotatable bonds is 7. The van der Waals surface area contributed by atoms with Crippen LogP contribution in [0.4, 0.5) is 5.82 Å². The number of furan rings is 1. The highest BCUT2D eigenvalue weighted by molar-refractivity contribution is 5.90. The zero-order valence-corrected chi connectivity index (χ0v) is 20.7. The number of ether oxygens (including phenoxy) is 1. The third-order valence-corrected chi connectivity index (χ3v) is 7.85. The monoisotopic (exact) mass is 534 g/mol. The first kappa shape index (κ1) is 24.8. The minimum atomic E-state index is -1.69. The maximum Gasteiger partial charge on any atom is 0.343 e. The van der Waals surface area contributed by atoms with Crippen molar-refractivity contribution >= 4 is 17.7 Å². The number of aliphatic hydroxyl groups is 1. The van der Waals surface area contributed by atoms with Crippen LogP contribution in [0.1, 0.15) is 44.1 Å². The maximum absolute atomic E-state index is 13.4. The summed E-state index contributed by atoms with van der Waals surface area (Å²) in [6, 6.07) is 3.31. The van der Waals surface area contributed by atoms with Crippen molar-refractivity contribution in [2.45, 2.75) is 50.2 Å². The highest BCUT2D eigenvalue weighted by Crippen LogP contribution is 2.43. The second-order valence-electron chi connectivity index (χ2n) is 9.81. The lowest BCUT2D eigenvalue weighted by Gasteiger charge is -2.51. The molecule has 2 atom stereocenters. The Morgan fingerprint density at radius 1 is 1.21 bits per heavy atom. The molecular weight excluding hydrogens is 504 g/mol. The summed E-state index contributed by atoms with van der Waals surface area (Å²) in [5, 5.41) is 14.4. The minimum Gasteiger partial charge on any atom is -1.00 e. The van der Waals surface area contributed by atoms with Crippen LogP contribution in [0.25, 0.3) is 0 Å². The molecule has 5 heterocycles. The summed E-state index contributed by atoms with van der Waals surface area (Å²) in [6.07, 6.45) is 10.9. The van der Waals surface area contributed by atoms with Gasteiger partial charge in [-0.25, -0.2) is 14.8 Å². The molecule has 0 radical (unpaired) electrons. The average Bonchev–Trinajstić information content (AvgIpc) is 3.54. The molecule has 2 N–H and O–H groups in total. The minimum absolute atomic E-state index is 0. The van der Waals surface area contributed by atoms with E-state index in [4.69, 9.17) is 9.15 Å². The smallest absolute Gasteiger partial charge is 0.343 e. The number of nitrogens with zero attached hydrogens (tertiary/aromatic N) is 3. The normalized spacial score (nSPS) is 28.0. The van der Waals surface area contributed by atoms with Gasteiger partial charge in [0.25, 0.3) is 5.91 Å². The number of hydrogen-bond donors (Lipinski definition) is 2. The molecule has 1 saturated carbocycles. The first-order valence-electron chi connectivity index (χ1n) is 11.9. The Morgan fingerprint density at radius 2 is 1.97 bits per heavy atom. The molecule has 184 valence electrons. The van der Waals surface area contributed by atoms with Crippen molar-refractivity contribution in [2.75, 3.05) is 31.5 Å². The molecule has 6 rings (SSSR count). The summed E-state index contributed by atoms with van der Waals surface area (Å²) in [4.78, 5) is 34.1. The van der Waals surface area contributed by atoms with Crippen LogP contribution in [0.2, 0.25) is 0 Å². The Morgan fingerprint density at radius 3 is 2.62 bits per heavy atom. The highest BCUT2D eigenvalue weighted by Gasteiger charge is 2.53. The molecule has 0 aromatic carbocycles. The van der Waals surface area contributed by atoms with Gasteiger partial charge < -0.3 is 41.0 Å². The predicted molar refractivity (Wildman–Crippen MR) is 118 cm³/mol. The first-order valence-corrected chi connectivity index (χ1v) is 11.9. The van der Waals surface area contributed by atoms with E-state index in [-0.39, 0.29) is 40.8 Å². The summed E-state index contributed by atoms with van der Waals surface area (Å²) < 4.78 is 11.8. The van der Waals surface area contributed by atoms with Crippen molar-refractivity contribution in [1.82, 2.24) is 9.97 Å². The lowest BCUT2D eigenvalue weighted by Crippen LogP contribution is -3.00. The fourth-order valence-electron chi connectivity index (χ4n) is 6.00. The number of carbonyl (C=O) groups is 2. The lowest BCUT2D eigenvalue weighted by molar-refractivity contribution is -0.939. The first-order chi connectivity index (χ1) is 16.0. The zero-order valence-electron chi connectivity index (χ0n) is 19.1. The van der Waals surface area contributed by atoms with Gasteiger partial charge in [0.15, 0.2) is 18.2 Å². The molecule has 4 fully saturated rings. The van der Waals surface area contributed by atoms with E-state index in [1.165, 1.54) is 18.9 Å². The Hall–Kier alpha value is -2.30. The second kappa shape index (κ2) is 10.1. The molecule has 3 saturated heterocycles. The van der Waals surface area contributed by atoms with Gasteiger partial charge in [-0.05, 0) is 25.0 Å². The van der Waals surface area contributed by atoms with Crippen LogP contribution < -0.4 is 22.3 Å². The molecule has 34 heavy (non-hydrogen) atoms. The SMILES string of the molecule is O=C(C[N+]12CCC(CC1)[C@@H](OC(=O)C(O)(c1ccoc1)C1CCCC1)C2)Nc1ccncn1.[Br-]. The number of hydrogen-bond acceptors (Lipinski definition) is 7. The number of amides is 1. The molecule has 1 unspecified atom stereocenters. The molecule has 10 heteroatoms. The summed E-state index contributed by atoms with van der Waals surface area (Å²) >= 11 is 0. The molecule has 1 aliphatic carbocycles. The quantitative estimate of drug-likeness (QED) is 0.354. The van der Waals surface area contributed by atoms with Crippen molar-refractivity contribution < 1.29 is 45.3 Å². The van der Waals surface area contributed by atoms with E-state index in [9.17, 15) is 14.7 Å². The Balaban J connectivity index is 0.00000274. The van der Waals surface area contributed by atoms with E-state index in [0.717, 1.165) is 51.6 Å². The lowest BCUT2D eigenvalue weighted by atomic mass is 9.80. The molecule has 0 spiro atoms. The van der Waals surface area contributed by atoms with Crippen molar-refractivity contribution in [3.63, 3.8) is 0 Å². The number of anilines is 1. The number of piperidine rings is 3. The van der Waals surface area contributed by atoms with E-state index in [2.05, 4.69) is 15.3 Å². The summed E-state index contributed by atoms with van der Waals surface area (Å²) in [5.74, 6) is -0.135. The molecule has 2 aromatic heterocycles. The molecule has 3 aliphatic heterocycles. The Kier molecular flexibility index (Phi) is 7.39. The summed E-state index contributed by atoms with van der Waals surface area (Å²) in [7, 11) is 0. The standard InChI is InChI=1S/C24H30N4O5.BrH/c29-22(27-21-5-9-25-16-26-21)14-28-10-6-17(7-11-28)20(13-28)33-23(30)24(31,18-3-1-2-4-18)19-8-12-32-15-19;/h5,8-9,12,15-18,20,31H,1-4,6-7,10-11,13-14H2;1H/t17?,20-,24?,28?;/m0./s1. The van der Waals surface area contributed by atoms with E-state index >= 15 is 0 Å². The summed E-state index contributed by atoms with van der Waals surface area (Å²) in [5.41, 5.74) is -1.22. The Bertz CT molecular complexity index is 975. The topological polar surface area (TPSA) is 115 Å². The van der Waals surface area contributed by atoms with Crippen molar-refractivity contribution in [3.8, 4) is 0 Å². The van der Waals surface area contributed by atoms with Gasteiger partial charge in [-0.2, -0.15) is 0 Å². The van der Waals surface area contributed by atoms with Crippen LogP contribution >= 0.6 is 0 Å². The van der Waals surface area contributed by atoms with Gasteiger partial charge >= 0.3 is 5.97 Å². The molecular formula is C24H31BrN4O5. The molecule has 9 nitrogen and oxygen atoms in total. The van der Waals surface area contributed by atoms with E-state index in [1.54, 1.807) is 18.3 Å². The largest absolute Gasteiger partial charge is 1.00 e. The highest BCUT2D eigenvalue weighted by atomic mass is 79.9. The number of aromatic nitrogens is 2. The fourth-order valence-corrected chi connectivity index (χ4v) is 6.00. The number of nitrogens with one attached hydrogen (secondary N) is 1. The van der Waals surface area contributed by atoms with Gasteiger partial charge in [0.05, 0.1) is 25.6 Å². The molecule has 2 bridgehead atoms. The van der Waals surface area contributed by atoms with Crippen molar-refractivity contribution in [2.24, 2.45) is 11.8 Å². The van der Waals surface area contributed by atoms with Crippen LogP contribution in [0, 0.1) is 11.8 Å². The van der Waals surface area contributed by atoms with E-state index in [0.29, 0.717) is 29.0 Å². The summed E-state index contributed by atoms with van der Waals surface area (Å²) in [6.45, 7) is 2.65. The fraction of sp³-hybridized carbons (Fsp3) is 0.583. The van der Waals surface area contributed by atoms with Gasteiger partial charge in [0.1, 0.15) is 18.7 Å². The van der Waals surface area contributed by atoms with E-state index in [1.807, 2.05) is 0 Å². The van der Waals surface area contributed by atoms with Gasteiger partial charge in [-0.15, -0.1) is 0 Å². The third-order valence-electron chi connectivity index (χ3n) is 7.85. The predicted octanol–water partition coefficient (Wildman–Crippen LogP) is -0.758. The van der Waals surface area contributed by atoms with Crippen LogP contribution in [0.3, 0.4) is 0 Å². The number of quaternary nitrogens is 1. The van der Waals surface area contributed by atoms with Crippen LogP contribution in [-0.4, -0.2) is 63.7 Å². The Labute approximate surface area is 209 Å². The number of halogens is 1. The molecule has 1 amide bonds. The average molecular weight is 535 g/mol. The third kappa shape index (κ3) is 4.76. The number of fused-ring (bicyclic) bond motifs is 3. The van der Waals surface area contributed by atoms with Gasteiger partial charge in [0, 0.05) is 36.4 Å². The van der Waals surface area contributed by atoms with Gasteiger partial charge in [0.2, 0.25) is 0 Å². The van der Waals surface area contributed by atoms with Crippen LogP contribution in [0.15, 0.2) is 41.6 Å². The van der Waals surface area contributed by atoms with Gasteiger partial charge in [-0.1, -0.05) is 12.8 Å². The van der Waals surface area contributed by atoms with Crippen LogP contribution in [0.5, 0.6) is 0 Å². The molecule has 2 aromatic rings. The zero-order chi connectivity index (χ0) is 22.9. The second-order valence-corrected chi connectivity index (χ2v) is 9.81. The number of esters is 1.